The highest BCUT2D eigenvalue weighted by Gasteiger charge is 2.24. The molecule has 1 aromatic heterocycles. The Morgan fingerprint density at radius 2 is 1.79 bits per heavy atom. The Balaban J connectivity index is 1.58. The molecular formula is C25H27N3. The lowest BCUT2D eigenvalue weighted by Gasteiger charge is -2.26. The SMILES string of the molecule is Cc1ccc2[nH]c3c(c2c1)CCNC3Cc1ccc(N(C)C)c2ccccc12. The van der Waals surface area contributed by atoms with E-state index in [-0.39, 0.29) is 0 Å². The van der Waals surface area contributed by atoms with Crippen LogP contribution in [0.4, 0.5) is 5.69 Å². The molecule has 0 spiro atoms. The second kappa shape index (κ2) is 6.68. The quantitative estimate of drug-likeness (QED) is 0.525. The number of hydrogen-bond donors (Lipinski definition) is 2. The Kier molecular flexibility index (Phi) is 4.13. The smallest absolute Gasteiger partial charge is 0.0517 e. The van der Waals surface area contributed by atoms with Crippen molar-refractivity contribution in [1.29, 1.82) is 0 Å². The van der Waals surface area contributed by atoms with E-state index in [2.05, 4.69) is 90.8 Å². The number of aromatic amines is 1. The molecule has 2 heterocycles. The zero-order chi connectivity index (χ0) is 19.3. The van der Waals surface area contributed by atoms with Crippen LogP contribution in [0.5, 0.6) is 0 Å². The molecule has 0 bridgehead atoms. The first kappa shape index (κ1) is 17.3. The third-order valence-electron chi connectivity index (χ3n) is 6.11. The van der Waals surface area contributed by atoms with Crippen LogP contribution in [0.1, 0.15) is 28.4 Å². The van der Waals surface area contributed by atoms with Crippen molar-refractivity contribution in [2.45, 2.75) is 25.8 Å². The highest BCUT2D eigenvalue weighted by molar-refractivity contribution is 5.96. The first-order chi connectivity index (χ1) is 13.6. The molecule has 142 valence electrons. The Hall–Kier alpha value is -2.78. The molecule has 0 saturated carbocycles. The number of H-pyrrole nitrogens is 1. The summed E-state index contributed by atoms with van der Waals surface area (Å²) in [5, 5.41) is 7.84. The van der Waals surface area contributed by atoms with E-state index in [1.54, 1.807) is 0 Å². The van der Waals surface area contributed by atoms with Crippen LogP contribution in [-0.4, -0.2) is 25.6 Å². The maximum absolute atomic E-state index is 3.76. The number of nitrogens with zero attached hydrogens (tertiary/aromatic N) is 1. The van der Waals surface area contributed by atoms with Crippen molar-refractivity contribution in [3.63, 3.8) is 0 Å². The van der Waals surface area contributed by atoms with E-state index in [0.717, 1.165) is 19.4 Å². The van der Waals surface area contributed by atoms with Gasteiger partial charge in [0.25, 0.3) is 0 Å². The Labute approximate surface area is 166 Å². The van der Waals surface area contributed by atoms with Crippen LogP contribution >= 0.6 is 0 Å². The molecule has 0 fully saturated rings. The average Bonchev–Trinajstić information content (AvgIpc) is 3.07. The molecule has 2 N–H and O–H groups in total. The first-order valence-corrected chi connectivity index (χ1v) is 10.1. The van der Waals surface area contributed by atoms with Crippen molar-refractivity contribution in [3.8, 4) is 0 Å². The van der Waals surface area contributed by atoms with Crippen molar-refractivity contribution >= 4 is 27.4 Å². The second-order valence-electron chi connectivity index (χ2n) is 8.21. The van der Waals surface area contributed by atoms with Gasteiger partial charge in [-0.2, -0.15) is 0 Å². The highest BCUT2D eigenvalue weighted by atomic mass is 15.1. The monoisotopic (exact) mass is 369 g/mol. The van der Waals surface area contributed by atoms with E-state index in [1.165, 1.54) is 49.7 Å². The van der Waals surface area contributed by atoms with Crippen LogP contribution in [0.15, 0.2) is 54.6 Å². The van der Waals surface area contributed by atoms with Gasteiger partial charge < -0.3 is 15.2 Å². The van der Waals surface area contributed by atoms with Crippen LogP contribution in [-0.2, 0) is 12.8 Å². The van der Waals surface area contributed by atoms with E-state index >= 15 is 0 Å². The number of aromatic nitrogens is 1. The summed E-state index contributed by atoms with van der Waals surface area (Å²) < 4.78 is 0. The summed E-state index contributed by atoms with van der Waals surface area (Å²) in [7, 11) is 4.23. The van der Waals surface area contributed by atoms with E-state index in [0.29, 0.717) is 6.04 Å². The van der Waals surface area contributed by atoms with Gasteiger partial charge >= 0.3 is 0 Å². The van der Waals surface area contributed by atoms with Crippen LogP contribution in [0.2, 0.25) is 0 Å². The molecule has 1 aliphatic heterocycles. The van der Waals surface area contributed by atoms with E-state index in [4.69, 9.17) is 0 Å². The lowest BCUT2D eigenvalue weighted by atomic mass is 9.92. The van der Waals surface area contributed by atoms with Gasteiger partial charge in [-0.3, -0.25) is 0 Å². The zero-order valence-corrected chi connectivity index (χ0v) is 16.8. The predicted molar refractivity (Wildman–Crippen MR) is 119 cm³/mol. The summed E-state index contributed by atoms with van der Waals surface area (Å²) in [4.78, 5) is 5.92. The van der Waals surface area contributed by atoms with E-state index in [9.17, 15) is 0 Å². The number of aryl methyl sites for hydroxylation is 1. The second-order valence-corrected chi connectivity index (χ2v) is 8.21. The lowest BCUT2D eigenvalue weighted by molar-refractivity contribution is 0.496. The highest BCUT2D eigenvalue weighted by Crippen LogP contribution is 2.35. The van der Waals surface area contributed by atoms with Crippen LogP contribution < -0.4 is 10.2 Å². The van der Waals surface area contributed by atoms with E-state index in [1.807, 2.05) is 0 Å². The molecule has 1 unspecified atom stereocenters. The molecule has 3 heteroatoms. The predicted octanol–water partition coefficient (Wildman–Crippen LogP) is 5.13. The van der Waals surface area contributed by atoms with Crippen molar-refractivity contribution in [1.82, 2.24) is 10.3 Å². The van der Waals surface area contributed by atoms with E-state index < -0.39 is 0 Å². The van der Waals surface area contributed by atoms with Crippen molar-refractivity contribution in [2.75, 3.05) is 25.5 Å². The normalized spacial score (nSPS) is 16.5. The van der Waals surface area contributed by atoms with Crippen molar-refractivity contribution in [2.24, 2.45) is 0 Å². The standard InChI is InChI=1S/C25H27N3/c1-16-8-10-22-21(14-16)20-12-13-26-23(25(20)27-22)15-17-9-11-24(28(2)3)19-7-5-4-6-18(17)19/h4-11,14,23,26-27H,12-13,15H2,1-3H3. The van der Waals surface area contributed by atoms with Crippen LogP contribution in [0.25, 0.3) is 21.7 Å². The molecule has 28 heavy (non-hydrogen) atoms. The molecule has 1 atom stereocenters. The fraction of sp³-hybridized carbons (Fsp3) is 0.280. The van der Waals surface area contributed by atoms with Gasteiger partial charge in [0.2, 0.25) is 0 Å². The first-order valence-electron chi connectivity index (χ1n) is 10.1. The molecule has 3 aromatic carbocycles. The van der Waals surface area contributed by atoms with Gasteiger partial charge in [-0.25, -0.2) is 0 Å². The lowest BCUT2D eigenvalue weighted by Crippen LogP contribution is -2.31. The maximum atomic E-state index is 3.76. The number of fused-ring (bicyclic) bond motifs is 4. The summed E-state index contributed by atoms with van der Waals surface area (Å²) in [6.07, 6.45) is 2.09. The topological polar surface area (TPSA) is 31.1 Å². The summed E-state index contributed by atoms with van der Waals surface area (Å²) >= 11 is 0. The van der Waals surface area contributed by atoms with Gasteiger partial charge in [0, 0.05) is 41.8 Å². The summed E-state index contributed by atoms with van der Waals surface area (Å²) in [6.45, 7) is 3.21. The minimum absolute atomic E-state index is 0.324. The minimum Gasteiger partial charge on any atom is -0.377 e. The van der Waals surface area contributed by atoms with Gasteiger partial charge in [0.1, 0.15) is 0 Å². The van der Waals surface area contributed by atoms with Gasteiger partial charge in [-0.15, -0.1) is 0 Å². The van der Waals surface area contributed by atoms with Crippen molar-refractivity contribution < 1.29 is 0 Å². The Morgan fingerprint density at radius 3 is 2.61 bits per heavy atom. The number of anilines is 1. The molecule has 5 rings (SSSR count). The summed E-state index contributed by atoms with van der Waals surface area (Å²) in [5.41, 5.74) is 8.13. The number of benzene rings is 3. The molecule has 0 radical (unpaired) electrons. The Morgan fingerprint density at radius 1 is 0.964 bits per heavy atom. The fourth-order valence-electron chi connectivity index (χ4n) is 4.73. The third kappa shape index (κ3) is 2.78. The number of hydrogen-bond acceptors (Lipinski definition) is 2. The fourth-order valence-corrected chi connectivity index (χ4v) is 4.73. The molecule has 1 aliphatic rings. The molecule has 0 amide bonds. The number of rotatable bonds is 3. The van der Waals surface area contributed by atoms with Crippen molar-refractivity contribution in [3.05, 3.63) is 77.0 Å². The third-order valence-corrected chi connectivity index (χ3v) is 6.11. The molecule has 4 aromatic rings. The summed E-state index contributed by atoms with van der Waals surface area (Å²) in [5.74, 6) is 0. The maximum Gasteiger partial charge on any atom is 0.0517 e. The largest absolute Gasteiger partial charge is 0.377 e. The molecule has 0 saturated heterocycles. The Bertz CT molecular complexity index is 1170. The van der Waals surface area contributed by atoms with Gasteiger partial charge in [0.05, 0.1) is 6.04 Å². The zero-order valence-electron chi connectivity index (χ0n) is 16.8. The van der Waals surface area contributed by atoms with Gasteiger partial charge in [-0.1, -0.05) is 42.0 Å². The average molecular weight is 370 g/mol. The molecular weight excluding hydrogens is 342 g/mol. The van der Waals surface area contributed by atoms with Gasteiger partial charge in [0.15, 0.2) is 0 Å². The summed E-state index contributed by atoms with van der Waals surface area (Å²) in [6, 6.07) is 20.4. The minimum atomic E-state index is 0.324. The van der Waals surface area contributed by atoms with Gasteiger partial charge in [-0.05, 0) is 61.0 Å². The molecule has 0 aliphatic carbocycles. The number of nitrogens with one attached hydrogen (secondary N) is 2. The van der Waals surface area contributed by atoms with Crippen LogP contribution in [0, 0.1) is 6.92 Å². The van der Waals surface area contributed by atoms with Crippen LogP contribution in [0.3, 0.4) is 0 Å². The molecule has 3 nitrogen and oxygen atoms in total.